The van der Waals surface area contributed by atoms with Crippen LogP contribution in [0.15, 0.2) is 65.9 Å². The summed E-state index contributed by atoms with van der Waals surface area (Å²) in [6.07, 6.45) is 0. The van der Waals surface area contributed by atoms with Gasteiger partial charge in [-0.25, -0.2) is 4.79 Å². The number of nitrogens with one attached hydrogen (secondary N) is 1. The molecule has 2 heterocycles. The van der Waals surface area contributed by atoms with Gasteiger partial charge in [-0.05, 0) is 40.6 Å². The lowest BCUT2D eigenvalue weighted by molar-refractivity contribution is -0.140. The summed E-state index contributed by atoms with van der Waals surface area (Å²) in [5, 5.41) is 14.9. The second-order valence-corrected chi connectivity index (χ2v) is 6.35. The zero-order valence-corrected chi connectivity index (χ0v) is 15.5. The van der Waals surface area contributed by atoms with E-state index in [1.807, 2.05) is 61.5 Å². The third-order valence-electron chi connectivity index (χ3n) is 4.56. The SMILES string of the molecule is COc1cccc(C2C(C(=O)OCc3ccccc3)=C(C)Nc3nnnn32)c1. The number of methoxy groups -OCH3 is 1. The first-order chi connectivity index (χ1) is 13.7. The lowest BCUT2D eigenvalue weighted by Gasteiger charge is -2.27. The Morgan fingerprint density at radius 1 is 1.18 bits per heavy atom. The van der Waals surface area contributed by atoms with Crippen molar-refractivity contribution >= 4 is 11.9 Å². The van der Waals surface area contributed by atoms with Crippen molar-refractivity contribution in [2.24, 2.45) is 0 Å². The zero-order valence-electron chi connectivity index (χ0n) is 15.5. The first-order valence-corrected chi connectivity index (χ1v) is 8.78. The van der Waals surface area contributed by atoms with Crippen molar-refractivity contribution in [1.82, 2.24) is 20.2 Å². The quantitative estimate of drug-likeness (QED) is 0.684. The summed E-state index contributed by atoms with van der Waals surface area (Å²) in [5.41, 5.74) is 2.83. The van der Waals surface area contributed by atoms with Crippen LogP contribution in [0.4, 0.5) is 5.95 Å². The summed E-state index contributed by atoms with van der Waals surface area (Å²) < 4.78 is 12.5. The van der Waals surface area contributed by atoms with E-state index in [1.54, 1.807) is 11.8 Å². The molecule has 4 rings (SSSR count). The summed E-state index contributed by atoms with van der Waals surface area (Å²) in [6.45, 7) is 1.99. The van der Waals surface area contributed by atoms with Crippen LogP contribution in [0.25, 0.3) is 0 Å². The highest BCUT2D eigenvalue weighted by Crippen LogP contribution is 2.36. The number of aromatic nitrogens is 4. The van der Waals surface area contributed by atoms with Gasteiger partial charge >= 0.3 is 5.97 Å². The topological polar surface area (TPSA) is 91.2 Å². The Hall–Kier alpha value is -3.68. The number of esters is 1. The van der Waals surface area contributed by atoms with E-state index in [4.69, 9.17) is 9.47 Å². The third kappa shape index (κ3) is 3.32. The second-order valence-electron chi connectivity index (χ2n) is 6.35. The van der Waals surface area contributed by atoms with E-state index in [9.17, 15) is 4.79 Å². The molecule has 0 aliphatic carbocycles. The Labute approximate surface area is 161 Å². The average molecular weight is 377 g/mol. The Morgan fingerprint density at radius 2 is 2.00 bits per heavy atom. The minimum atomic E-state index is -0.523. The molecule has 0 saturated heterocycles. The normalized spacial score (nSPS) is 15.6. The predicted octanol–water partition coefficient (Wildman–Crippen LogP) is 2.71. The number of fused-ring (bicyclic) bond motifs is 1. The highest BCUT2D eigenvalue weighted by molar-refractivity contribution is 5.92. The molecular formula is C20H19N5O3. The molecule has 1 aliphatic heterocycles. The molecule has 1 N–H and O–H groups in total. The summed E-state index contributed by atoms with van der Waals surface area (Å²) in [6, 6.07) is 16.5. The molecule has 0 amide bonds. The molecule has 0 fully saturated rings. The fourth-order valence-electron chi connectivity index (χ4n) is 3.20. The van der Waals surface area contributed by atoms with Gasteiger partial charge in [0.1, 0.15) is 18.4 Å². The summed E-state index contributed by atoms with van der Waals surface area (Å²) >= 11 is 0. The van der Waals surface area contributed by atoms with Crippen molar-refractivity contribution in [1.29, 1.82) is 0 Å². The number of tetrazole rings is 1. The van der Waals surface area contributed by atoms with Gasteiger partial charge in [0, 0.05) is 5.70 Å². The summed E-state index contributed by atoms with van der Waals surface area (Å²) in [5.74, 6) is 0.716. The number of rotatable bonds is 5. The van der Waals surface area contributed by atoms with E-state index < -0.39 is 12.0 Å². The van der Waals surface area contributed by atoms with Crippen LogP contribution in [0.5, 0.6) is 5.75 Å². The fraction of sp³-hybridized carbons (Fsp3) is 0.200. The van der Waals surface area contributed by atoms with E-state index in [0.29, 0.717) is 23.0 Å². The number of hydrogen-bond acceptors (Lipinski definition) is 7. The molecule has 2 aromatic carbocycles. The minimum Gasteiger partial charge on any atom is -0.497 e. The number of hydrogen-bond donors (Lipinski definition) is 1. The molecule has 8 nitrogen and oxygen atoms in total. The number of allylic oxidation sites excluding steroid dienone is 1. The third-order valence-corrected chi connectivity index (χ3v) is 4.56. The maximum Gasteiger partial charge on any atom is 0.338 e. The predicted molar refractivity (Wildman–Crippen MR) is 102 cm³/mol. The molecule has 1 aromatic heterocycles. The van der Waals surface area contributed by atoms with E-state index in [0.717, 1.165) is 11.1 Å². The lowest BCUT2D eigenvalue weighted by Crippen LogP contribution is -2.29. The Balaban J connectivity index is 1.69. The van der Waals surface area contributed by atoms with E-state index >= 15 is 0 Å². The first kappa shape index (κ1) is 17.7. The zero-order chi connectivity index (χ0) is 19.5. The van der Waals surface area contributed by atoms with Crippen LogP contribution in [0, 0.1) is 0 Å². The van der Waals surface area contributed by atoms with Crippen molar-refractivity contribution in [3.05, 3.63) is 77.0 Å². The molecule has 142 valence electrons. The molecular weight excluding hydrogens is 358 g/mol. The van der Waals surface area contributed by atoms with Gasteiger partial charge in [0.2, 0.25) is 5.95 Å². The fourth-order valence-corrected chi connectivity index (χ4v) is 3.20. The number of benzene rings is 2. The number of ether oxygens (including phenoxy) is 2. The Bertz CT molecular complexity index is 1030. The van der Waals surface area contributed by atoms with Gasteiger partial charge in [-0.3, -0.25) is 0 Å². The summed E-state index contributed by atoms with van der Waals surface area (Å²) in [4.78, 5) is 13.0. The van der Waals surface area contributed by atoms with Crippen LogP contribution in [0.3, 0.4) is 0 Å². The maximum atomic E-state index is 13.0. The molecule has 1 unspecified atom stereocenters. The maximum absolute atomic E-state index is 13.0. The second kappa shape index (κ2) is 7.51. The first-order valence-electron chi connectivity index (χ1n) is 8.78. The molecule has 0 radical (unpaired) electrons. The van der Waals surface area contributed by atoms with Gasteiger partial charge < -0.3 is 14.8 Å². The van der Waals surface area contributed by atoms with Crippen LogP contribution >= 0.6 is 0 Å². The molecule has 0 bridgehead atoms. The highest BCUT2D eigenvalue weighted by Gasteiger charge is 2.35. The van der Waals surface area contributed by atoms with Gasteiger partial charge in [-0.2, -0.15) is 4.68 Å². The van der Waals surface area contributed by atoms with Gasteiger partial charge in [0.05, 0.1) is 12.7 Å². The number of carbonyl (C=O) groups excluding carboxylic acids is 1. The van der Waals surface area contributed by atoms with Crippen molar-refractivity contribution < 1.29 is 14.3 Å². The van der Waals surface area contributed by atoms with Crippen LogP contribution in [0.2, 0.25) is 0 Å². The van der Waals surface area contributed by atoms with Crippen LogP contribution < -0.4 is 10.1 Å². The van der Waals surface area contributed by atoms with Gasteiger partial charge in [-0.1, -0.05) is 47.6 Å². The smallest absolute Gasteiger partial charge is 0.338 e. The van der Waals surface area contributed by atoms with Crippen molar-refractivity contribution in [3.63, 3.8) is 0 Å². The van der Waals surface area contributed by atoms with Crippen molar-refractivity contribution in [2.75, 3.05) is 12.4 Å². The lowest BCUT2D eigenvalue weighted by atomic mass is 9.95. The monoisotopic (exact) mass is 377 g/mol. The van der Waals surface area contributed by atoms with Crippen LogP contribution in [0.1, 0.15) is 24.1 Å². The van der Waals surface area contributed by atoms with Crippen molar-refractivity contribution in [3.8, 4) is 5.75 Å². The largest absolute Gasteiger partial charge is 0.497 e. The molecule has 1 aliphatic rings. The van der Waals surface area contributed by atoms with Gasteiger partial charge in [0.15, 0.2) is 0 Å². The van der Waals surface area contributed by atoms with Gasteiger partial charge in [-0.15, -0.1) is 0 Å². The molecule has 0 saturated carbocycles. The number of carbonyl (C=O) groups is 1. The molecule has 0 spiro atoms. The number of nitrogens with zero attached hydrogens (tertiary/aromatic N) is 4. The minimum absolute atomic E-state index is 0.184. The summed E-state index contributed by atoms with van der Waals surface area (Å²) in [7, 11) is 1.60. The van der Waals surface area contributed by atoms with E-state index in [-0.39, 0.29) is 6.61 Å². The Morgan fingerprint density at radius 3 is 2.79 bits per heavy atom. The average Bonchev–Trinajstić information content (AvgIpc) is 3.19. The van der Waals surface area contributed by atoms with E-state index in [1.165, 1.54) is 0 Å². The van der Waals surface area contributed by atoms with Crippen LogP contribution in [-0.2, 0) is 16.1 Å². The molecule has 3 aromatic rings. The molecule has 8 heteroatoms. The van der Waals surface area contributed by atoms with Crippen LogP contribution in [-0.4, -0.2) is 33.3 Å². The molecule has 1 atom stereocenters. The number of anilines is 1. The van der Waals surface area contributed by atoms with Crippen molar-refractivity contribution in [2.45, 2.75) is 19.6 Å². The van der Waals surface area contributed by atoms with Gasteiger partial charge in [0.25, 0.3) is 0 Å². The van der Waals surface area contributed by atoms with E-state index in [2.05, 4.69) is 20.8 Å². The molecule has 28 heavy (non-hydrogen) atoms. The highest BCUT2D eigenvalue weighted by atomic mass is 16.5. The standard InChI is InChI=1S/C20H19N5O3/c1-13-17(19(26)28-12-14-7-4-3-5-8-14)18(25-20(21-13)22-23-24-25)15-9-6-10-16(11-15)27-2/h3-11,18H,12H2,1-2H3,(H,21,22,24). The Kier molecular flexibility index (Phi) is 4.76.